The maximum absolute atomic E-state index is 12.4. The van der Waals surface area contributed by atoms with Crippen LogP contribution < -0.4 is 0 Å². The number of alkyl halides is 3. The van der Waals surface area contributed by atoms with Gasteiger partial charge in [-0.05, 0) is 41.6 Å². The molecule has 15 heavy (non-hydrogen) atoms. The largest absolute Gasteiger partial charge is 0.417 e. The molecule has 0 saturated heterocycles. The maximum Gasteiger partial charge on any atom is 0.417 e. The molecular formula is C9H5ClF3IO. The van der Waals surface area contributed by atoms with E-state index in [2.05, 4.69) is 0 Å². The highest BCUT2D eigenvalue weighted by Crippen LogP contribution is 2.35. The van der Waals surface area contributed by atoms with Crippen LogP contribution in [0.15, 0.2) is 12.1 Å². The molecule has 0 aromatic heterocycles. The predicted molar refractivity (Wildman–Crippen MR) is 59.2 cm³/mol. The van der Waals surface area contributed by atoms with Gasteiger partial charge in [0, 0.05) is 9.13 Å². The Kier molecular flexibility index (Phi) is 3.65. The Morgan fingerprint density at radius 1 is 1.40 bits per heavy atom. The van der Waals surface area contributed by atoms with E-state index in [1.165, 1.54) is 29.5 Å². The van der Waals surface area contributed by atoms with Gasteiger partial charge in [0.2, 0.25) is 0 Å². The number of benzene rings is 1. The zero-order chi connectivity index (χ0) is 11.8. The van der Waals surface area contributed by atoms with Crippen molar-refractivity contribution < 1.29 is 18.0 Å². The second kappa shape index (κ2) is 4.29. The second-order valence-electron chi connectivity index (χ2n) is 2.87. The molecule has 0 heterocycles. The van der Waals surface area contributed by atoms with Crippen LogP contribution in [0, 0.1) is 3.57 Å². The van der Waals surface area contributed by atoms with Crippen molar-refractivity contribution in [2.24, 2.45) is 0 Å². The van der Waals surface area contributed by atoms with E-state index in [-0.39, 0.29) is 19.9 Å². The molecule has 0 fully saturated rings. The van der Waals surface area contributed by atoms with Gasteiger partial charge in [-0.25, -0.2) is 0 Å². The van der Waals surface area contributed by atoms with E-state index in [9.17, 15) is 18.0 Å². The molecule has 0 N–H and O–H groups in total. The summed E-state index contributed by atoms with van der Waals surface area (Å²) in [7, 11) is 0. The fourth-order valence-electron chi connectivity index (χ4n) is 1.03. The second-order valence-corrected chi connectivity index (χ2v) is 4.44. The molecule has 0 amide bonds. The van der Waals surface area contributed by atoms with Crippen molar-refractivity contribution in [3.63, 3.8) is 0 Å². The molecule has 1 aromatic carbocycles. The normalized spacial score (nSPS) is 11.6. The summed E-state index contributed by atoms with van der Waals surface area (Å²) in [6.07, 6.45) is -4.45. The third kappa shape index (κ3) is 2.84. The molecule has 0 aliphatic carbocycles. The van der Waals surface area contributed by atoms with Crippen LogP contribution in [0.5, 0.6) is 0 Å². The number of carbonyl (C=O) groups is 1. The lowest BCUT2D eigenvalue weighted by molar-refractivity contribution is -0.138. The van der Waals surface area contributed by atoms with Crippen molar-refractivity contribution in [1.29, 1.82) is 0 Å². The Bertz CT molecular complexity index is 415. The number of hydrogen-bond donors (Lipinski definition) is 0. The van der Waals surface area contributed by atoms with Crippen LogP contribution in [-0.2, 0) is 6.18 Å². The van der Waals surface area contributed by atoms with Gasteiger partial charge in [0.25, 0.3) is 0 Å². The molecule has 1 nitrogen and oxygen atoms in total. The Balaban J connectivity index is 3.39. The van der Waals surface area contributed by atoms with Gasteiger partial charge in [-0.3, -0.25) is 4.79 Å². The first kappa shape index (κ1) is 12.8. The van der Waals surface area contributed by atoms with Gasteiger partial charge in [0.05, 0.1) is 10.6 Å². The molecule has 1 aromatic rings. The smallest absolute Gasteiger partial charge is 0.294 e. The lowest BCUT2D eigenvalue weighted by Gasteiger charge is -2.11. The summed E-state index contributed by atoms with van der Waals surface area (Å²) in [6, 6.07) is 1.92. The average Bonchev–Trinajstić information content (AvgIpc) is 2.06. The molecule has 0 aliphatic heterocycles. The topological polar surface area (TPSA) is 17.1 Å². The Labute approximate surface area is 103 Å². The molecule has 0 bridgehead atoms. The van der Waals surface area contributed by atoms with Crippen molar-refractivity contribution in [2.75, 3.05) is 0 Å². The zero-order valence-electron chi connectivity index (χ0n) is 7.45. The first-order valence-corrected chi connectivity index (χ1v) is 5.26. The highest BCUT2D eigenvalue weighted by molar-refractivity contribution is 14.1. The first-order valence-electron chi connectivity index (χ1n) is 3.80. The van der Waals surface area contributed by atoms with Crippen molar-refractivity contribution >= 4 is 40.0 Å². The third-order valence-corrected chi connectivity index (χ3v) is 2.95. The van der Waals surface area contributed by atoms with Gasteiger partial charge in [0.1, 0.15) is 0 Å². The van der Waals surface area contributed by atoms with Crippen LogP contribution in [0.4, 0.5) is 13.2 Å². The molecule has 82 valence electrons. The minimum absolute atomic E-state index is 0.0327. The SMILES string of the molecule is CC(=O)c1cc(I)c(C(F)(F)F)cc1Cl. The molecule has 0 spiro atoms. The average molecular weight is 348 g/mol. The fourth-order valence-corrected chi connectivity index (χ4v) is 2.10. The van der Waals surface area contributed by atoms with E-state index in [1.807, 2.05) is 0 Å². The number of Topliss-reactive ketones (excluding diaryl/α,β-unsaturated/α-hetero) is 1. The monoisotopic (exact) mass is 348 g/mol. The van der Waals surface area contributed by atoms with Gasteiger partial charge < -0.3 is 0 Å². The van der Waals surface area contributed by atoms with Crippen LogP contribution in [0.1, 0.15) is 22.8 Å². The zero-order valence-corrected chi connectivity index (χ0v) is 10.4. The lowest BCUT2D eigenvalue weighted by atomic mass is 10.1. The minimum atomic E-state index is -4.45. The van der Waals surface area contributed by atoms with Crippen LogP contribution in [0.3, 0.4) is 0 Å². The molecule has 0 radical (unpaired) electrons. The molecule has 0 atom stereocenters. The van der Waals surface area contributed by atoms with E-state index in [0.29, 0.717) is 0 Å². The van der Waals surface area contributed by atoms with Gasteiger partial charge in [-0.1, -0.05) is 11.6 Å². The summed E-state index contributed by atoms with van der Waals surface area (Å²) >= 11 is 7.11. The molecule has 0 aliphatic rings. The number of halogens is 5. The number of hydrogen-bond acceptors (Lipinski definition) is 1. The van der Waals surface area contributed by atoms with Crippen molar-refractivity contribution in [1.82, 2.24) is 0 Å². The molecular weight excluding hydrogens is 343 g/mol. The predicted octanol–water partition coefficient (Wildman–Crippen LogP) is 4.17. The van der Waals surface area contributed by atoms with Crippen molar-refractivity contribution in [2.45, 2.75) is 13.1 Å². The third-order valence-electron chi connectivity index (χ3n) is 1.74. The van der Waals surface area contributed by atoms with E-state index in [4.69, 9.17) is 11.6 Å². The fraction of sp³-hybridized carbons (Fsp3) is 0.222. The number of rotatable bonds is 1. The van der Waals surface area contributed by atoms with Crippen LogP contribution in [0.2, 0.25) is 5.02 Å². The summed E-state index contributed by atoms with van der Waals surface area (Å²) in [5, 5.41) is -0.171. The van der Waals surface area contributed by atoms with Crippen LogP contribution in [-0.4, -0.2) is 5.78 Å². The summed E-state index contributed by atoms with van der Waals surface area (Å²) < 4.78 is 37.2. The van der Waals surface area contributed by atoms with Gasteiger partial charge in [0.15, 0.2) is 5.78 Å². The number of carbonyl (C=O) groups excluding carboxylic acids is 1. The highest BCUT2D eigenvalue weighted by Gasteiger charge is 2.33. The Morgan fingerprint density at radius 3 is 2.33 bits per heavy atom. The van der Waals surface area contributed by atoms with E-state index >= 15 is 0 Å². The highest BCUT2D eigenvalue weighted by atomic mass is 127. The summed E-state index contributed by atoms with van der Waals surface area (Å²) in [6.45, 7) is 1.25. The van der Waals surface area contributed by atoms with Gasteiger partial charge in [-0.2, -0.15) is 13.2 Å². The van der Waals surface area contributed by atoms with E-state index < -0.39 is 11.7 Å². The molecule has 1 rings (SSSR count). The quantitative estimate of drug-likeness (QED) is 0.550. The minimum Gasteiger partial charge on any atom is -0.294 e. The van der Waals surface area contributed by atoms with Crippen LogP contribution >= 0.6 is 34.2 Å². The summed E-state index contributed by atoms with van der Waals surface area (Å²) in [4.78, 5) is 11.0. The van der Waals surface area contributed by atoms with Gasteiger partial charge >= 0.3 is 6.18 Å². The molecule has 6 heteroatoms. The Hall–Kier alpha value is -0.300. The maximum atomic E-state index is 12.4. The first-order chi connectivity index (χ1) is 6.73. The van der Waals surface area contributed by atoms with Crippen LogP contribution in [0.25, 0.3) is 0 Å². The lowest BCUT2D eigenvalue weighted by Crippen LogP contribution is -2.09. The van der Waals surface area contributed by atoms with Crippen molar-refractivity contribution in [3.05, 3.63) is 31.9 Å². The summed E-state index contributed by atoms with van der Waals surface area (Å²) in [5.74, 6) is -0.355. The molecule has 0 unspecified atom stereocenters. The molecule has 0 saturated carbocycles. The summed E-state index contributed by atoms with van der Waals surface area (Å²) in [5.41, 5.74) is -0.716. The number of ketones is 1. The standard InChI is InChI=1S/C9H5ClF3IO/c1-4(15)5-2-8(14)6(3-7(5)10)9(11,12)13/h2-3H,1H3. The van der Waals surface area contributed by atoms with Gasteiger partial charge in [-0.15, -0.1) is 0 Å². The van der Waals surface area contributed by atoms with E-state index in [1.54, 1.807) is 0 Å². The van der Waals surface area contributed by atoms with E-state index in [0.717, 1.165) is 12.1 Å². The van der Waals surface area contributed by atoms with Crippen molar-refractivity contribution in [3.8, 4) is 0 Å². The Morgan fingerprint density at radius 2 is 1.93 bits per heavy atom.